The molecule has 0 atom stereocenters. The number of hydrogen-bond donors (Lipinski definition) is 0. The van der Waals surface area contributed by atoms with Gasteiger partial charge < -0.3 is 13.6 Å². The summed E-state index contributed by atoms with van der Waals surface area (Å²) in [5, 5.41) is 2.26. The molecule has 0 amide bonds. The summed E-state index contributed by atoms with van der Waals surface area (Å²) in [5.41, 5.74) is 4.12. The third-order valence-electron chi connectivity index (χ3n) is 3.73. The lowest BCUT2D eigenvalue weighted by Crippen LogP contribution is -1.91. The fourth-order valence-corrected chi connectivity index (χ4v) is 3.08. The van der Waals surface area contributed by atoms with Crippen molar-refractivity contribution < 1.29 is 13.6 Å². The number of hydrogen-bond acceptors (Lipinski definition) is 3. The zero-order chi connectivity index (χ0) is 11.1. The summed E-state index contributed by atoms with van der Waals surface area (Å²) in [7, 11) is 0. The number of nitrogens with zero attached hydrogens (tertiary/aromatic N) is 1. The first kappa shape index (κ1) is 8.06. The summed E-state index contributed by atoms with van der Waals surface area (Å²) >= 11 is 0. The van der Waals surface area contributed by atoms with Crippen LogP contribution < -0.4 is 4.74 Å². The normalized spacial score (nSPS) is 15.4. The van der Waals surface area contributed by atoms with Gasteiger partial charge in [-0.1, -0.05) is 0 Å². The smallest absolute Gasteiger partial charge is 0.214 e. The highest BCUT2D eigenvalue weighted by atomic mass is 16.5. The number of fused-ring (bicyclic) bond motifs is 6. The van der Waals surface area contributed by atoms with Crippen LogP contribution in [0.3, 0.4) is 0 Å². The summed E-state index contributed by atoms with van der Waals surface area (Å²) in [6.45, 7) is 2.73. The summed E-state index contributed by atoms with van der Waals surface area (Å²) in [6, 6.07) is 1.99. The second-order valence-corrected chi connectivity index (χ2v) is 4.57. The molecule has 5 heterocycles. The van der Waals surface area contributed by atoms with Crippen molar-refractivity contribution in [2.75, 3.05) is 6.61 Å². The highest BCUT2D eigenvalue weighted by Crippen LogP contribution is 2.46. The molecule has 84 valence electrons. The van der Waals surface area contributed by atoms with Gasteiger partial charge in [0.2, 0.25) is 11.6 Å². The average molecular weight is 227 g/mol. The lowest BCUT2D eigenvalue weighted by atomic mass is 10.2. The number of aromatic nitrogens is 1. The molecule has 1 aliphatic rings. The molecule has 0 saturated carbocycles. The van der Waals surface area contributed by atoms with Gasteiger partial charge in [-0.25, -0.2) is 4.40 Å². The summed E-state index contributed by atoms with van der Waals surface area (Å²) in [5.74, 6) is 1.85. The Morgan fingerprint density at radius 3 is 3.24 bits per heavy atom. The van der Waals surface area contributed by atoms with Crippen molar-refractivity contribution in [3.05, 3.63) is 23.7 Å². The molecule has 4 aromatic heterocycles. The van der Waals surface area contributed by atoms with Gasteiger partial charge in [0.15, 0.2) is 5.58 Å². The summed E-state index contributed by atoms with van der Waals surface area (Å²) < 4.78 is 19.2. The third kappa shape index (κ3) is 0.678. The van der Waals surface area contributed by atoms with Gasteiger partial charge in [0, 0.05) is 6.42 Å². The van der Waals surface area contributed by atoms with E-state index in [2.05, 4.69) is 4.40 Å². The topological polar surface area (TPSA) is 39.9 Å². The molecule has 0 aromatic carbocycles. The van der Waals surface area contributed by atoms with Crippen LogP contribution >= 0.6 is 0 Å². The van der Waals surface area contributed by atoms with Crippen molar-refractivity contribution in [1.82, 2.24) is 4.40 Å². The molecule has 0 aliphatic carbocycles. The third-order valence-corrected chi connectivity index (χ3v) is 3.73. The fourth-order valence-electron chi connectivity index (χ4n) is 3.08. The second-order valence-electron chi connectivity index (χ2n) is 4.57. The molecule has 4 heteroatoms. The molecule has 0 radical (unpaired) electrons. The van der Waals surface area contributed by atoms with Gasteiger partial charge in [-0.15, -0.1) is 0 Å². The SMILES string of the molecule is Cc1oc2c3c(n4c5occc5c1c24)OCC3. The highest BCUT2D eigenvalue weighted by Gasteiger charge is 2.31. The van der Waals surface area contributed by atoms with E-state index in [-0.39, 0.29) is 0 Å². The standard InChI is InChI=1S/C13H9NO3/c1-6-9-7-2-4-15-12(7)14-10(9)11(17-6)8-3-5-16-13(8)14/h2,4H,3,5H2,1H3. The maximum Gasteiger partial charge on any atom is 0.214 e. The van der Waals surface area contributed by atoms with Crippen molar-refractivity contribution in [1.29, 1.82) is 0 Å². The summed E-state index contributed by atoms with van der Waals surface area (Å²) in [4.78, 5) is 0. The Hall–Kier alpha value is -2.10. The van der Waals surface area contributed by atoms with E-state index in [0.29, 0.717) is 0 Å². The lowest BCUT2D eigenvalue weighted by Gasteiger charge is -1.95. The van der Waals surface area contributed by atoms with E-state index in [0.717, 1.165) is 52.3 Å². The molecular weight excluding hydrogens is 218 g/mol. The molecule has 0 unspecified atom stereocenters. The molecule has 0 bridgehead atoms. The summed E-state index contributed by atoms with van der Waals surface area (Å²) in [6.07, 6.45) is 2.63. The lowest BCUT2D eigenvalue weighted by molar-refractivity contribution is 0.340. The molecule has 0 saturated heterocycles. The van der Waals surface area contributed by atoms with Crippen molar-refractivity contribution in [3.63, 3.8) is 0 Å². The Kier molecular flexibility index (Phi) is 1.08. The predicted molar refractivity (Wildman–Crippen MR) is 62.1 cm³/mol. The monoisotopic (exact) mass is 227 g/mol. The van der Waals surface area contributed by atoms with Crippen LogP contribution in [0.1, 0.15) is 11.3 Å². The quantitative estimate of drug-likeness (QED) is 0.463. The van der Waals surface area contributed by atoms with Crippen LogP contribution in [-0.2, 0) is 6.42 Å². The van der Waals surface area contributed by atoms with Crippen LogP contribution in [0, 0.1) is 6.92 Å². The molecule has 1 aliphatic heterocycles. The Labute approximate surface area is 95.7 Å². The fraction of sp³-hybridized carbons (Fsp3) is 0.231. The zero-order valence-corrected chi connectivity index (χ0v) is 9.24. The maximum atomic E-state index is 5.90. The highest BCUT2D eigenvalue weighted by molar-refractivity contribution is 6.15. The first-order chi connectivity index (χ1) is 8.36. The Morgan fingerprint density at radius 2 is 2.29 bits per heavy atom. The van der Waals surface area contributed by atoms with E-state index in [4.69, 9.17) is 13.6 Å². The van der Waals surface area contributed by atoms with E-state index in [1.807, 2.05) is 13.0 Å². The Morgan fingerprint density at radius 1 is 1.35 bits per heavy atom. The van der Waals surface area contributed by atoms with E-state index < -0.39 is 0 Å². The maximum absolute atomic E-state index is 5.90. The number of ether oxygens (including phenoxy) is 1. The van der Waals surface area contributed by atoms with Crippen molar-refractivity contribution >= 4 is 27.6 Å². The van der Waals surface area contributed by atoms with Gasteiger partial charge in [-0.2, -0.15) is 0 Å². The van der Waals surface area contributed by atoms with Gasteiger partial charge in [-0.05, 0) is 13.0 Å². The van der Waals surface area contributed by atoms with E-state index in [9.17, 15) is 0 Å². The molecule has 17 heavy (non-hydrogen) atoms. The average Bonchev–Trinajstić information content (AvgIpc) is 2.97. The van der Waals surface area contributed by atoms with Crippen LogP contribution in [0.4, 0.5) is 0 Å². The van der Waals surface area contributed by atoms with E-state index >= 15 is 0 Å². The minimum atomic E-state index is 0.728. The van der Waals surface area contributed by atoms with Gasteiger partial charge in [0.05, 0.1) is 29.2 Å². The number of aryl methyl sites for hydroxylation is 1. The van der Waals surface area contributed by atoms with Gasteiger partial charge in [0.1, 0.15) is 11.3 Å². The van der Waals surface area contributed by atoms with Gasteiger partial charge >= 0.3 is 0 Å². The molecule has 0 N–H and O–H groups in total. The zero-order valence-electron chi connectivity index (χ0n) is 9.24. The van der Waals surface area contributed by atoms with Crippen LogP contribution in [0.25, 0.3) is 27.6 Å². The van der Waals surface area contributed by atoms with Crippen molar-refractivity contribution in [3.8, 4) is 5.88 Å². The minimum Gasteiger partial charge on any atom is -0.478 e. The first-order valence-electron chi connectivity index (χ1n) is 5.74. The largest absolute Gasteiger partial charge is 0.478 e. The molecule has 4 aromatic rings. The molecule has 0 spiro atoms. The molecule has 4 nitrogen and oxygen atoms in total. The molecular formula is C13H9NO3. The van der Waals surface area contributed by atoms with Crippen molar-refractivity contribution in [2.24, 2.45) is 0 Å². The number of rotatable bonds is 0. The molecule has 5 rings (SSSR count). The van der Waals surface area contributed by atoms with Crippen LogP contribution in [0.15, 0.2) is 21.2 Å². The van der Waals surface area contributed by atoms with Crippen molar-refractivity contribution in [2.45, 2.75) is 13.3 Å². The second kappa shape index (κ2) is 2.27. The van der Waals surface area contributed by atoms with Gasteiger partial charge in [0.25, 0.3) is 0 Å². The van der Waals surface area contributed by atoms with Crippen LogP contribution in [0.5, 0.6) is 5.88 Å². The predicted octanol–water partition coefficient (Wildman–Crippen LogP) is 3.11. The Balaban J connectivity index is 2.25. The number of furan rings is 2. The van der Waals surface area contributed by atoms with Gasteiger partial charge in [-0.3, -0.25) is 0 Å². The van der Waals surface area contributed by atoms with E-state index in [1.165, 1.54) is 5.56 Å². The van der Waals surface area contributed by atoms with Crippen LogP contribution in [0.2, 0.25) is 0 Å². The molecule has 0 fully saturated rings. The first-order valence-corrected chi connectivity index (χ1v) is 5.74. The van der Waals surface area contributed by atoms with Crippen LogP contribution in [-0.4, -0.2) is 11.0 Å². The minimum absolute atomic E-state index is 0.728. The van der Waals surface area contributed by atoms with E-state index in [1.54, 1.807) is 6.26 Å². The Bertz CT molecular complexity index is 877.